The number of rotatable bonds is 4. The molecule has 3 aromatic rings. The number of amides is 1. The molecule has 0 saturated carbocycles. The largest absolute Gasteiger partial charge is 0.346 e. The second-order valence-electron chi connectivity index (χ2n) is 8.12. The van der Waals surface area contributed by atoms with Gasteiger partial charge in [-0.25, -0.2) is 9.67 Å². The van der Waals surface area contributed by atoms with Gasteiger partial charge in [0, 0.05) is 11.9 Å². The van der Waals surface area contributed by atoms with Gasteiger partial charge >= 0.3 is 0 Å². The molecule has 0 aromatic carbocycles. The Kier molecular flexibility index (Phi) is 5.00. The first kappa shape index (κ1) is 19.0. The van der Waals surface area contributed by atoms with Crippen LogP contribution in [0.2, 0.25) is 0 Å². The van der Waals surface area contributed by atoms with Crippen molar-refractivity contribution in [2.24, 2.45) is 0 Å². The van der Waals surface area contributed by atoms with Gasteiger partial charge in [0.05, 0.1) is 34.4 Å². The van der Waals surface area contributed by atoms with Crippen LogP contribution in [0.3, 0.4) is 0 Å². The number of nitrogens with one attached hydrogen (secondary N) is 1. The maximum Gasteiger partial charge on any atom is 0.252 e. The van der Waals surface area contributed by atoms with Crippen molar-refractivity contribution in [3.8, 4) is 0 Å². The van der Waals surface area contributed by atoms with Gasteiger partial charge in [0.1, 0.15) is 0 Å². The van der Waals surface area contributed by atoms with Crippen LogP contribution in [0.4, 0.5) is 0 Å². The average Bonchev–Trinajstić information content (AvgIpc) is 2.97. The number of pyridine rings is 2. The molecule has 0 fully saturated rings. The van der Waals surface area contributed by atoms with E-state index in [9.17, 15) is 4.79 Å². The second kappa shape index (κ2) is 7.10. The molecule has 27 heavy (non-hydrogen) atoms. The number of aromatic nitrogens is 4. The van der Waals surface area contributed by atoms with Gasteiger partial charge in [0.15, 0.2) is 5.65 Å². The molecule has 6 nitrogen and oxygen atoms in total. The molecule has 1 N–H and O–H groups in total. The highest BCUT2D eigenvalue weighted by Gasteiger charge is 2.25. The van der Waals surface area contributed by atoms with Gasteiger partial charge in [-0.1, -0.05) is 19.9 Å². The predicted molar refractivity (Wildman–Crippen MR) is 107 cm³/mol. The van der Waals surface area contributed by atoms with Crippen LogP contribution in [0.15, 0.2) is 30.5 Å². The van der Waals surface area contributed by atoms with Gasteiger partial charge in [-0.15, -0.1) is 0 Å². The Labute approximate surface area is 160 Å². The topological polar surface area (TPSA) is 72.7 Å². The van der Waals surface area contributed by atoms with Gasteiger partial charge in [-0.3, -0.25) is 9.78 Å². The van der Waals surface area contributed by atoms with Crippen molar-refractivity contribution in [3.05, 3.63) is 53.1 Å². The first-order chi connectivity index (χ1) is 12.7. The lowest BCUT2D eigenvalue weighted by Crippen LogP contribution is -2.25. The summed E-state index contributed by atoms with van der Waals surface area (Å²) in [5.41, 5.74) is 3.67. The monoisotopic (exact) mass is 365 g/mol. The number of fused-ring (bicyclic) bond motifs is 1. The van der Waals surface area contributed by atoms with E-state index >= 15 is 0 Å². The van der Waals surface area contributed by atoms with Gasteiger partial charge in [0.2, 0.25) is 0 Å². The van der Waals surface area contributed by atoms with Crippen LogP contribution in [0.5, 0.6) is 0 Å². The van der Waals surface area contributed by atoms with Crippen molar-refractivity contribution < 1.29 is 4.79 Å². The molecule has 3 heterocycles. The van der Waals surface area contributed by atoms with Crippen molar-refractivity contribution in [3.63, 3.8) is 0 Å². The van der Waals surface area contributed by atoms with Crippen molar-refractivity contribution in [2.45, 2.75) is 59.5 Å². The number of aryl methyl sites for hydroxylation is 1. The summed E-state index contributed by atoms with van der Waals surface area (Å²) in [5.74, 6) is 0.0758. The zero-order chi connectivity index (χ0) is 19.8. The molecule has 6 heteroatoms. The molecule has 0 bridgehead atoms. The van der Waals surface area contributed by atoms with Gasteiger partial charge < -0.3 is 5.32 Å². The standard InChI is InChI=1S/C21H27N5O/c1-13(2)17-11-16(20(27)23-12-15-9-7-8-10-22-15)18-14(3)25-26(19(18)24-17)21(4,5)6/h7-11,13H,12H2,1-6H3,(H,23,27). The van der Waals surface area contributed by atoms with E-state index in [-0.39, 0.29) is 17.4 Å². The molecule has 0 aliphatic carbocycles. The number of hydrogen-bond acceptors (Lipinski definition) is 4. The predicted octanol–water partition coefficient (Wildman–Crippen LogP) is 3.94. The number of carbonyl (C=O) groups is 1. The van der Waals surface area contributed by atoms with Crippen molar-refractivity contribution in [1.82, 2.24) is 25.1 Å². The van der Waals surface area contributed by atoms with E-state index in [2.05, 4.69) is 50.0 Å². The number of carbonyl (C=O) groups excluding carboxylic acids is 1. The molecule has 0 spiro atoms. The van der Waals surface area contributed by atoms with Crippen LogP contribution < -0.4 is 5.32 Å². The highest BCUT2D eigenvalue weighted by atomic mass is 16.1. The average molecular weight is 365 g/mol. The van der Waals surface area contributed by atoms with Crippen LogP contribution in [0.25, 0.3) is 11.0 Å². The summed E-state index contributed by atoms with van der Waals surface area (Å²) in [7, 11) is 0. The minimum atomic E-state index is -0.225. The third-order valence-electron chi connectivity index (χ3n) is 4.46. The zero-order valence-electron chi connectivity index (χ0n) is 16.9. The van der Waals surface area contributed by atoms with Crippen molar-refractivity contribution in [1.29, 1.82) is 0 Å². The molecule has 0 unspecified atom stereocenters. The van der Waals surface area contributed by atoms with Crippen molar-refractivity contribution in [2.75, 3.05) is 0 Å². The lowest BCUT2D eigenvalue weighted by molar-refractivity contribution is 0.0952. The molecular weight excluding hydrogens is 338 g/mol. The van der Waals surface area contributed by atoms with E-state index in [0.29, 0.717) is 12.1 Å². The Morgan fingerprint density at radius 3 is 2.59 bits per heavy atom. The first-order valence-electron chi connectivity index (χ1n) is 9.27. The normalized spacial score (nSPS) is 12.0. The van der Waals surface area contributed by atoms with E-state index < -0.39 is 0 Å². The highest BCUT2D eigenvalue weighted by Crippen LogP contribution is 2.28. The third kappa shape index (κ3) is 3.84. The highest BCUT2D eigenvalue weighted by molar-refractivity contribution is 6.06. The van der Waals surface area contributed by atoms with Gasteiger partial charge in [-0.2, -0.15) is 5.10 Å². The summed E-state index contributed by atoms with van der Waals surface area (Å²) in [6.07, 6.45) is 1.72. The quantitative estimate of drug-likeness (QED) is 0.760. The molecule has 0 saturated heterocycles. The summed E-state index contributed by atoms with van der Waals surface area (Å²) in [6.45, 7) is 12.7. The Hall–Kier alpha value is -2.76. The van der Waals surface area contributed by atoms with E-state index in [4.69, 9.17) is 4.98 Å². The summed E-state index contributed by atoms with van der Waals surface area (Å²) in [6, 6.07) is 7.55. The maximum atomic E-state index is 13.0. The molecule has 0 atom stereocenters. The van der Waals surface area contributed by atoms with E-state index in [1.165, 1.54) is 0 Å². The molecule has 0 aliphatic rings. The van der Waals surface area contributed by atoms with Crippen LogP contribution in [-0.4, -0.2) is 25.7 Å². The van der Waals surface area contributed by atoms with Crippen LogP contribution in [0, 0.1) is 6.92 Å². The molecule has 0 aliphatic heterocycles. The summed E-state index contributed by atoms with van der Waals surface area (Å²) < 4.78 is 1.92. The summed E-state index contributed by atoms with van der Waals surface area (Å²) in [5, 5.41) is 8.48. The Morgan fingerprint density at radius 2 is 2.00 bits per heavy atom. The lowest BCUT2D eigenvalue weighted by Gasteiger charge is -2.20. The van der Waals surface area contributed by atoms with Crippen molar-refractivity contribution >= 4 is 16.9 Å². The molecule has 142 valence electrons. The van der Waals surface area contributed by atoms with E-state index in [1.54, 1.807) is 6.20 Å². The summed E-state index contributed by atoms with van der Waals surface area (Å²) >= 11 is 0. The summed E-state index contributed by atoms with van der Waals surface area (Å²) in [4.78, 5) is 22.1. The minimum absolute atomic E-state index is 0.133. The van der Waals surface area contributed by atoms with E-state index in [0.717, 1.165) is 28.1 Å². The minimum Gasteiger partial charge on any atom is -0.346 e. The molecular formula is C21H27N5O. The smallest absolute Gasteiger partial charge is 0.252 e. The van der Waals surface area contributed by atoms with Gasteiger partial charge in [0.25, 0.3) is 5.91 Å². The Balaban J connectivity index is 2.08. The number of nitrogens with zero attached hydrogens (tertiary/aromatic N) is 4. The first-order valence-corrected chi connectivity index (χ1v) is 9.27. The Bertz CT molecular complexity index is 968. The number of hydrogen-bond donors (Lipinski definition) is 1. The molecule has 3 aromatic heterocycles. The SMILES string of the molecule is Cc1nn(C(C)(C)C)c2nc(C(C)C)cc(C(=O)NCc3ccccn3)c12. The fourth-order valence-electron chi connectivity index (χ4n) is 3.02. The van der Waals surface area contributed by atoms with E-state index in [1.807, 2.05) is 35.9 Å². The molecule has 0 radical (unpaired) electrons. The Morgan fingerprint density at radius 1 is 1.26 bits per heavy atom. The van der Waals surface area contributed by atoms with Crippen LogP contribution >= 0.6 is 0 Å². The van der Waals surface area contributed by atoms with Gasteiger partial charge in [-0.05, 0) is 51.8 Å². The molecule has 1 amide bonds. The zero-order valence-corrected chi connectivity index (χ0v) is 16.9. The van der Waals surface area contributed by atoms with Crippen LogP contribution in [0.1, 0.15) is 68.0 Å². The fourth-order valence-corrected chi connectivity index (χ4v) is 3.02. The third-order valence-corrected chi connectivity index (χ3v) is 4.46. The maximum absolute atomic E-state index is 13.0. The lowest BCUT2D eigenvalue weighted by atomic mass is 10.0. The van der Waals surface area contributed by atoms with Crippen LogP contribution in [-0.2, 0) is 12.1 Å². The molecule has 3 rings (SSSR count). The fraction of sp³-hybridized carbons (Fsp3) is 0.429. The second-order valence-corrected chi connectivity index (χ2v) is 8.12.